The lowest BCUT2D eigenvalue weighted by Gasteiger charge is -2.25. The van der Waals surface area contributed by atoms with Gasteiger partial charge in [-0.05, 0) is 43.7 Å². The highest BCUT2D eigenvalue weighted by molar-refractivity contribution is 7.98. The van der Waals surface area contributed by atoms with Gasteiger partial charge in [-0.15, -0.1) is 0 Å². The number of carboxylic acid groups (broad SMARTS) is 1. The Morgan fingerprint density at radius 1 is 1.25 bits per heavy atom. The highest BCUT2D eigenvalue weighted by atomic mass is 32.2. The molecule has 10 heteroatoms. The third-order valence-electron chi connectivity index (χ3n) is 4.84. The average Bonchev–Trinajstić information content (AvgIpc) is 3.21. The molecule has 1 aliphatic rings. The van der Waals surface area contributed by atoms with Crippen LogP contribution in [0.15, 0.2) is 0 Å². The van der Waals surface area contributed by atoms with Crippen molar-refractivity contribution in [2.75, 3.05) is 25.1 Å². The smallest absolute Gasteiger partial charge is 0.326 e. The molecule has 1 rings (SSSR count). The fourth-order valence-electron chi connectivity index (χ4n) is 2.88. The van der Waals surface area contributed by atoms with E-state index in [-0.39, 0.29) is 24.4 Å². The number of thioether (sulfide) groups is 1. The zero-order chi connectivity index (χ0) is 21.1. The lowest BCUT2D eigenvalue weighted by atomic mass is 9.97. The molecular weight excluding hydrogens is 384 g/mol. The number of carboxylic acids is 1. The predicted molar refractivity (Wildman–Crippen MR) is 108 cm³/mol. The second-order valence-electron chi connectivity index (χ2n) is 6.98. The Morgan fingerprint density at radius 3 is 2.50 bits per heavy atom. The van der Waals surface area contributed by atoms with Gasteiger partial charge in [-0.3, -0.25) is 14.4 Å². The minimum Gasteiger partial charge on any atom is -0.480 e. The van der Waals surface area contributed by atoms with Crippen molar-refractivity contribution in [2.45, 2.75) is 57.7 Å². The number of carbonyl (C=O) groups excluding carboxylic acids is 3. The van der Waals surface area contributed by atoms with Gasteiger partial charge in [-0.1, -0.05) is 20.3 Å². The molecule has 0 spiro atoms. The maximum Gasteiger partial charge on any atom is 0.326 e. The predicted octanol–water partition coefficient (Wildman–Crippen LogP) is -0.292. The van der Waals surface area contributed by atoms with Crippen LogP contribution in [0, 0.1) is 5.92 Å². The van der Waals surface area contributed by atoms with Gasteiger partial charge < -0.3 is 26.4 Å². The molecule has 1 aliphatic heterocycles. The minimum absolute atomic E-state index is 0.189. The summed E-state index contributed by atoms with van der Waals surface area (Å²) >= 11 is 1.49. The summed E-state index contributed by atoms with van der Waals surface area (Å²) in [6.45, 7) is 4.24. The van der Waals surface area contributed by atoms with E-state index < -0.39 is 29.9 Å². The van der Waals surface area contributed by atoms with Gasteiger partial charge in [0.05, 0.1) is 12.6 Å². The van der Waals surface area contributed by atoms with Gasteiger partial charge >= 0.3 is 5.97 Å². The summed E-state index contributed by atoms with van der Waals surface area (Å²) in [4.78, 5) is 48.2. The van der Waals surface area contributed by atoms with Crippen LogP contribution in [-0.4, -0.2) is 72.0 Å². The Balaban J connectivity index is 2.62. The van der Waals surface area contributed by atoms with E-state index in [1.807, 2.05) is 20.1 Å². The Morgan fingerprint density at radius 2 is 1.96 bits per heavy atom. The first-order valence-electron chi connectivity index (χ1n) is 9.62. The molecule has 0 aliphatic carbocycles. The van der Waals surface area contributed by atoms with E-state index in [2.05, 4.69) is 21.3 Å². The van der Waals surface area contributed by atoms with Gasteiger partial charge in [0.15, 0.2) is 0 Å². The van der Waals surface area contributed by atoms with Crippen LogP contribution in [0.25, 0.3) is 0 Å². The molecule has 0 aromatic heterocycles. The molecule has 1 heterocycles. The van der Waals surface area contributed by atoms with Crippen molar-refractivity contribution in [2.24, 2.45) is 5.92 Å². The van der Waals surface area contributed by atoms with Gasteiger partial charge in [-0.2, -0.15) is 11.8 Å². The number of amides is 3. The topological polar surface area (TPSA) is 137 Å². The van der Waals surface area contributed by atoms with Gasteiger partial charge in [0, 0.05) is 0 Å². The Bertz CT molecular complexity index is 554. The van der Waals surface area contributed by atoms with E-state index in [0.29, 0.717) is 18.6 Å². The SMILES string of the molecule is CCC(C)C(NC(=O)CNC(=O)C1CCCN1)C(=O)NC(CCSC)C(=O)O. The highest BCUT2D eigenvalue weighted by Gasteiger charge is 2.30. The van der Waals surface area contributed by atoms with Crippen LogP contribution in [-0.2, 0) is 19.2 Å². The van der Waals surface area contributed by atoms with Crippen molar-refractivity contribution in [3.63, 3.8) is 0 Å². The molecule has 3 amide bonds. The fraction of sp³-hybridized carbons (Fsp3) is 0.778. The number of nitrogens with one attached hydrogen (secondary N) is 4. The molecular formula is C18H32N4O5S. The monoisotopic (exact) mass is 416 g/mol. The number of rotatable bonds is 12. The summed E-state index contributed by atoms with van der Waals surface area (Å²) in [6.07, 6.45) is 4.44. The standard InChI is InChI=1S/C18H32N4O5S/c1-4-11(2)15(17(25)21-13(18(26)27)7-9-28-3)22-14(23)10-20-16(24)12-6-5-8-19-12/h11-13,15,19H,4-10H2,1-3H3,(H,20,24)(H,21,25)(H,22,23)(H,26,27). The third-order valence-corrected chi connectivity index (χ3v) is 5.48. The minimum atomic E-state index is -1.10. The van der Waals surface area contributed by atoms with Crippen LogP contribution >= 0.6 is 11.8 Å². The van der Waals surface area contributed by atoms with Gasteiger partial charge in [0.2, 0.25) is 17.7 Å². The van der Waals surface area contributed by atoms with Crippen molar-refractivity contribution in [1.29, 1.82) is 0 Å². The van der Waals surface area contributed by atoms with Gasteiger partial charge in [0.25, 0.3) is 0 Å². The first-order valence-corrected chi connectivity index (χ1v) is 11.0. The van der Waals surface area contributed by atoms with Crippen LogP contribution in [0.5, 0.6) is 0 Å². The molecule has 1 fully saturated rings. The summed E-state index contributed by atoms with van der Waals surface area (Å²) in [7, 11) is 0. The number of hydrogen-bond acceptors (Lipinski definition) is 6. The van der Waals surface area contributed by atoms with Crippen LogP contribution in [0.2, 0.25) is 0 Å². The van der Waals surface area contributed by atoms with Crippen molar-refractivity contribution in [3.05, 3.63) is 0 Å². The number of carbonyl (C=O) groups is 4. The van der Waals surface area contributed by atoms with Crippen molar-refractivity contribution >= 4 is 35.5 Å². The summed E-state index contributed by atoms with van der Waals surface area (Å²) in [6, 6.07) is -2.15. The first-order chi connectivity index (χ1) is 13.3. The number of hydrogen-bond donors (Lipinski definition) is 5. The second kappa shape index (κ2) is 12.6. The Hall–Kier alpha value is -1.81. The maximum absolute atomic E-state index is 12.6. The zero-order valence-corrected chi connectivity index (χ0v) is 17.6. The highest BCUT2D eigenvalue weighted by Crippen LogP contribution is 2.10. The molecule has 0 radical (unpaired) electrons. The molecule has 5 N–H and O–H groups in total. The van der Waals surface area contributed by atoms with Gasteiger partial charge in [-0.25, -0.2) is 4.79 Å². The van der Waals surface area contributed by atoms with E-state index in [1.165, 1.54) is 11.8 Å². The van der Waals surface area contributed by atoms with Crippen LogP contribution in [0.4, 0.5) is 0 Å². The van der Waals surface area contributed by atoms with Crippen molar-refractivity contribution in [1.82, 2.24) is 21.3 Å². The third kappa shape index (κ3) is 8.05. The molecule has 1 saturated heterocycles. The molecule has 160 valence electrons. The van der Waals surface area contributed by atoms with Crippen molar-refractivity contribution < 1.29 is 24.3 Å². The summed E-state index contributed by atoms with van der Waals surface area (Å²) < 4.78 is 0. The summed E-state index contributed by atoms with van der Waals surface area (Å²) in [5.74, 6) is -1.94. The fourth-order valence-corrected chi connectivity index (χ4v) is 3.35. The van der Waals surface area contributed by atoms with E-state index >= 15 is 0 Å². The average molecular weight is 417 g/mol. The lowest BCUT2D eigenvalue weighted by Crippen LogP contribution is -2.55. The van der Waals surface area contributed by atoms with E-state index in [9.17, 15) is 24.3 Å². The van der Waals surface area contributed by atoms with Crippen molar-refractivity contribution in [3.8, 4) is 0 Å². The van der Waals surface area contributed by atoms with Crippen LogP contribution in [0.1, 0.15) is 39.5 Å². The van der Waals surface area contributed by atoms with E-state index in [4.69, 9.17) is 0 Å². The molecule has 0 aromatic rings. The number of aliphatic carboxylic acids is 1. The largest absolute Gasteiger partial charge is 0.480 e. The second-order valence-corrected chi connectivity index (χ2v) is 7.96. The molecule has 9 nitrogen and oxygen atoms in total. The van der Waals surface area contributed by atoms with E-state index in [1.54, 1.807) is 0 Å². The first kappa shape index (κ1) is 24.2. The molecule has 28 heavy (non-hydrogen) atoms. The molecule has 0 aromatic carbocycles. The molecule has 4 atom stereocenters. The molecule has 0 bridgehead atoms. The molecule has 0 saturated carbocycles. The van der Waals surface area contributed by atoms with E-state index in [0.717, 1.165) is 19.4 Å². The Kier molecular flexibility index (Phi) is 10.9. The summed E-state index contributed by atoms with van der Waals surface area (Å²) in [5, 5.41) is 20.1. The molecule has 4 unspecified atom stereocenters. The quantitative estimate of drug-likeness (QED) is 0.295. The normalized spacial score (nSPS) is 19.3. The van der Waals surface area contributed by atoms with Crippen LogP contribution < -0.4 is 21.3 Å². The lowest BCUT2D eigenvalue weighted by molar-refractivity contribution is -0.142. The Labute approximate surface area is 170 Å². The van der Waals surface area contributed by atoms with Crippen LogP contribution in [0.3, 0.4) is 0 Å². The maximum atomic E-state index is 12.6. The summed E-state index contributed by atoms with van der Waals surface area (Å²) in [5.41, 5.74) is 0. The van der Waals surface area contributed by atoms with Gasteiger partial charge in [0.1, 0.15) is 12.1 Å². The zero-order valence-electron chi connectivity index (χ0n) is 16.7.